The van der Waals surface area contributed by atoms with Gasteiger partial charge in [-0.05, 0) is 29.2 Å². The molecule has 0 fully saturated rings. The van der Waals surface area contributed by atoms with Crippen molar-refractivity contribution in [1.29, 1.82) is 0 Å². The molecule has 1 aromatic heterocycles. The first-order valence-corrected chi connectivity index (χ1v) is 8.90. The summed E-state index contributed by atoms with van der Waals surface area (Å²) in [6, 6.07) is 9.33. The molecule has 0 saturated heterocycles. The molecule has 2 aromatic rings. The van der Waals surface area contributed by atoms with Gasteiger partial charge < -0.3 is 15.7 Å². The van der Waals surface area contributed by atoms with Crippen LogP contribution in [0.5, 0.6) is 0 Å². The van der Waals surface area contributed by atoms with Crippen LogP contribution in [0.3, 0.4) is 0 Å². The normalized spacial score (nSPS) is 14.4. The topological polar surface area (TPSA) is 91.7 Å². The molecular formula is C22H27N3O2. The van der Waals surface area contributed by atoms with Gasteiger partial charge in [-0.15, -0.1) is 6.58 Å². The van der Waals surface area contributed by atoms with Crippen molar-refractivity contribution in [3.8, 4) is 0 Å². The number of H-pyrrole nitrogens is 2. The molecule has 0 bridgehead atoms. The van der Waals surface area contributed by atoms with Gasteiger partial charge in [0.15, 0.2) is 0 Å². The molecule has 142 valence electrons. The highest BCUT2D eigenvalue weighted by atomic mass is 16.1. The third kappa shape index (κ3) is 4.76. The number of hydrogen-bond donors (Lipinski definition) is 3. The SMILES string of the molecule is C=CC(C)(C)/C(N)=C(\C=c1/[nH]c(=O)/c(=C/c2ccccc2)[nH]c1=O)C(C)C. The van der Waals surface area contributed by atoms with E-state index in [0.717, 1.165) is 11.1 Å². The minimum atomic E-state index is -0.426. The quantitative estimate of drug-likeness (QED) is 0.705. The Balaban J connectivity index is 2.69. The Bertz CT molecular complexity index is 1080. The van der Waals surface area contributed by atoms with Crippen LogP contribution in [0.1, 0.15) is 33.3 Å². The molecular weight excluding hydrogens is 338 g/mol. The zero-order valence-corrected chi connectivity index (χ0v) is 16.3. The number of allylic oxidation sites excluding steroid dienone is 2. The minimum absolute atomic E-state index is 0.0719. The van der Waals surface area contributed by atoms with E-state index in [0.29, 0.717) is 5.70 Å². The summed E-state index contributed by atoms with van der Waals surface area (Å²) in [6.07, 6.45) is 5.06. The van der Waals surface area contributed by atoms with E-state index in [4.69, 9.17) is 5.73 Å². The van der Waals surface area contributed by atoms with Crippen LogP contribution in [0.4, 0.5) is 0 Å². The maximum absolute atomic E-state index is 12.5. The van der Waals surface area contributed by atoms with Gasteiger partial charge in [-0.25, -0.2) is 0 Å². The Morgan fingerprint density at radius 2 is 1.63 bits per heavy atom. The fourth-order valence-corrected chi connectivity index (χ4v) is 2.60. The molecule has 0 aliphatic rings. The monoisotopic (exact) mass is 365 g/mol. The fraction of sp³-hybridized carbons (Fsp3) is 0.273. The highest BCUT2D eigenvalue weighted by Gasteiger charge is 2.21. The zero-order valence-electron chi connectivity index (χ0n) is 16.3. The molecule has 5 heteroatoms. The van der Waals surface area contributed by atoms with E-state index in [9.17, 15) is 9.59 Å². The van der Waals surface area contributed by atoms with Gasteiger partial charge in [-0.1, -0.05) is 64.1 Å². The van der Waals surface area contributed by atoms with Crippen LogP contribution < -0.4 is 27.6 Å². The number of nitrogens with two attached hydrogens (primary N) is 1. The van der Waals surface area contributed by atoms with Crippen LogP contribution >= 0.6 is 0 Å². The Hall–Kier alpha value is -3.08. The molecule has 0 spiro atoms. The van der Waals surface area contributed by atoms with Gasteiger partial charge in [0.05, 0.1) is 0 Å². The summed E-state index contributed by atoms with van der Waals surface area (Å²) < 4.78 is 0. The molecule has 0 aliphatic heterocycles. The van der Waals surface area contributed by atoms with Crippen molar-refractivity contribution >= 4 is 12.2 Å². The van der Waals surface area contributed by atoms with Crippen molar-refractivity contribution in [3.05, 3.63) is 91.2 Å². The molecule has 5 nitrogen and oxygen atoms in total. The van der Waals surface area contributed by atoms with Gasteiger partial charge in [0, 0.05) is 11.1 Å². The van der Waals surface area contributed by atoms with Crippen molar-refractivity contribution in [2.24, 2.45) is 17.1 Å². The van der Waals surface area contributed by atoms with Gasteiger partial charge in [-0.2, -0.15) is 0 Å². The third-order valence-corrected chi connectivity index (χ3v) is 4.53. The van der Waals surface area contributed by atoms with E-state index in [2.05, 4.69) is 16.5 Å². The van der Waals surface area contributed by atoms with Crippen LogP contribution in [0, 0.1) is 11.3 Å². The van der Waals surface area contributed by atoms with Crippen molar-refractivity contribution in [2.45, 2.75) is 27.7 Å². The number of benzene rings is 1. The molecule has 0 radical (unpaired) electrons. The molecule has 0 unspecified atom stereocenters. The van der Waals surface area contributed by atoms with Crippen molar-refractivity contribution < 1.29 is 0 Å². The minimum Gasteiger partial charge on any atom is -0.401 e. The molecule has 0 saturated carbocycles. The molecule has 4 N–H and O–H groups in total. The van der Waals surface area contributed by atoms with Crippen molar-refractivity contribution in [3.63, 3.8) is 0 Å². The lowest BCUT2D eigenvalue weighted by atomic mass is 9.84. The lowest BCUT2D eigenvalue weighted by Crippen LogP contribution is -2.47. The maximum atomic E-state index is 12.5. The zero-order chi connectivity index (χ0) is 20.2. The molecule has 0 atom stereocenters. The van der Waals surface area contributed by atoms with Gasteiger partial charge in [-0.3, -0.25) is 9.59 Å². The van der Waals surface area contributed by atoms with Gasteiger partial charge >= 0.3 is 0 Å². The maximum Gasteiger partial charge on any atom is 0.272 e. The van der Waals surface area contributed by atoms with E-state index < -0.39 is 5.41 Å². The van der Waals surface area contributed by atoms with Crippen LogP contribution in [0.2, 0.25) is 0 Å². The largest absolute Gasteiger partial charge is 0.401 e. The highest BCUT2D eigenvalue weighted by molar-refractivity contribution is 5.50. The summed E-state index contributed by atoms with van der Waals surface area (Å²) in [6.45, 7) is 11.7. The number of rotatable bonds is 5. The molecule has 0 aliphatic carbocycles. The molecule has 1 aromatic carbocycles. The van der Waals surface area contributed by atoms with Crippen molar-refractivity contribution in [2.75, 3.05) is 0 Å². The molecule has 0 amide bonds. The highest BCUT2D eigenvalue weighted by Crippen LogP contribution is 2.29. The first kappa shape index (κ1) is 20.2. The first-order valence-electron chi connectivity index (χ1n) is 8.90. The number of hydrogen-bond acceptors (Lipinski definition) is 3. The lowest BCUT2D eigenvalue weighted by molar-refractivity contribution is 0.557. The van der Waals surface area contributed by atoms with E-state index in [1.807, 2.05) is 58.0 Å². The van der Waals surface area contributed by atoms with Crippen LogP contribution in [0.25, 0.3) is 12.2 Å². The van der Waals surface area contributed by atoms with Crippen LogP contribution in [-0.2, 0) is 0 Å². The average molecular weight is 365 g/mol. The van der Waals surface area contributed by atoms with E-state index in [-0.39, 0.29) is 27.7 Å². The lowest BCUT2D eigenvalue weighted by Gasteiger charge is -2.25. The Labute approximate surface area is 158 Å². The summed E-state index contributed by atoms with van der Waals surface area (Å²) >= 11 is 0. The van der Waals surface area contributed by atoms with E-state index in [1.54, 1.807) is 18.2 Å². The Morgan fingerprint density at radius 1 is 1.07 bits per heavy atom. The fourth-order valence-electron chi connectivity index (χ4n) is 2.60. The first-order chi connectivity index (χ1) is 12.7. The van der Waals surface area contributed by atoms with Gasteiger partial charge in [0.1, 0.15) is 10.7 Å². The summed E-state index contributed by atoms with van der Waals surface area (Å²) in [5.41, 5.74) is 7.41. The summed E-state index contributed by atoms with van der Waals surface area (Å²) in [5.74, 6) is 0.0719. The predicted octanol–water partition coefficient (Wildman–Crippen LogP) is 1.75. The van der Waals surface area contributed by atoms with Crippen LogP contribution in [0.15, 0.2) is 63.8 Å². The van der Waals surface area contributed by atoms with Gasteiger partial charge in [0.25, 0.3) is 11.1 Å². The second-order valence-corrected chi connectivity index (χ2v) is 7.38. The smallest absolute Gasteiger partial charge is 0.272 e. The summed E-state index contributed by atoms with van der Waals surface area (Å²) in [7, 11) is 0. The second-order valence-electron chi connectivity index (χ2n) is 7.38. The summed E-state index contributed by atoms with van der Waals surface area (Å²) in [4.78, 5) is 30.3. The van der Waals surface area contributed by atoms with Crippen LogP contribution in [-0.4, -0.2) is 9.97 Å². The average Bonchev–Trinajstić information content (AvgIpc) is 2.63. The van der Waals surface area contributed by atoms with Gasteiger partial charge in [0.2, 0.25) is 0 Å². The third-order valence-electron chi connectivity index (χ3n) is 4.53. The number of aromatic nitrogens is 2. The number of aromatic amines is 2. The molecule has 1 heterocycles. The number of nitrogens with one attached hydrogen (secondary N) is 2. The Kier molecular flexibility index (Phi) is 6.05. The predicted molar refractivity (Wildman–Crippen MR) is 111 cm³/mol. The standard InChI is InChI=1S/C22H27N3O2/c1-6-22(4,5)19(23)16(14(2)3)13-18-21(27)24-17(20(26)25-18)12-15-10-8-7-9-11-15/h6-14H,1,23H2,2-5H3,(H,24,27)(H,25,26)/b17-12-,18-13-,19-16-. The van der Waals surface area contributed by atoms with E-state index >= 15 is 0 Å². The Morgan fingerprint density at radius 3 is 2.19 bits per heavy atom. The van der Waals surface area contributed by atoms with Crippen molar-refractivity contribution in [1.82, 2.24) is 9.97 Å². The molecule has 27 heavy (non-hydrogen) atoms. The van der Waals surface area contributed by atoms with E-state index in [1.165, 1.54) is 0 Å². The molecule has 2 rings (SSSR count). The second kappa shape index (κ2) is 8.08. The summed E-state index contributed by atoms with van der Waals surface area (Å²) in [5, 5.41) is 0.384.